The number of anilines is 1. The molecule has 1 aromatic heterocycles. The molecule has 17 heavy (non-hydrogen) atoms. The highest BCUT2D eigenvalue weighted by atomic mass is 16.5. The van der Waals surface area contributed by atoms with Gasteiger partial charge in [-0.15, -0.1) is 0 Å². The number of aromatic nitrogens is 1. The van der Waals surface area contributed by atoms with E-state index >= 15 is 0 Å². The SMILES string of the molecule is CCC(=O)c1cnc(N2CCOCC2)c(C)c1. The van der Waals surface area contributed by atoms with E-state index in [9.17, 15) is 4.79 Å². The predicted molar refractivity (Wildman–Crippen MR) is 66.6 cm³/mol. The van der Waals surface area contributed by atoms with E-state index in [1.54, 1.807) is 6.20 Å². The Bertz CT molecular complexity index is 412. The first kappa shape index (κ1) is 12.0. The maximum atomic E-state index is 11.6. The zero-order valence-corrected chi connectivity index (χ0v) is 10.4. The number of nitrogens with zero attached hydrogens (tertiary/aromatic N) is 2. The summed E-state index contributed by atoms with van der Waals surface area (Å²) in [6, 6.07) is 1.93. The summed E-state index contributed by atoms with van der Waals surface area (Å²) in [5.74, 6) is 1.12. The molecule has 2 rings (SSSR count). The summed E-state index contributed by atoms with van der Waals surface area (Å²) in [4.78, 5) is 18.2. The molecule has 0 atom stereocenters. The van der Waals surface area contributed by atoms with Gasteiger partial charge in [0.25, 0.3) is 0 Å². The van der Waals surface area contributed by atoms with Crippen LogP contribution in [0.4, 0.5) is 5.82 Å². The lowest BCUT2D eigenvalue weighted by atomic mass is 10.1. The fourth-order valence-corrected chi connectivity index (χ4v) is 2.03. The quantitative estimate of drug-likeness (QED) is 0.748. The second-order valence-electron chi connectivity index (χ2n) is 4.24. The van der Waals surface area contributed by atoms with Gasteiger partial charge in [0.2, 0.25) is 0 Å². The number of ether oxygens (including phenoxy) is 1. The van der Waals surface area contributed by atoms with Crippen molar-refractivity contribution < 1.29 is 9.53 Å². The lowest BCUT2D eigenvalue weighted by molar-refractivity contribution is 0.0987. The Kier molecular flexibility index (Phi) is 3.74. The molecule has 1 aliphatic rings. The molecule has 0 N–H and O–H groups in total. The van der Waals surface area contributed by atoms with Crippen molar-refractivity contribution in [2.75, 3.05) is 31.2 Å². The predicted octanol–water partition coefficient (Wildman–Crippen LogP) is 1.82. The number of rotatable bonds is 3. The van der Waals surface area contributed by atoms with E-state index in [2.05, 4.69) is 9.88 Å². The van der Waals surface area contributed by atoms with Gasteiger partial charge in [0.15, 0.2) is 5.78 Å². The monoisotopic (exact) mass is 234 g/mol. The molecule has 0 amide bonds. The van der Waals surface area contributed by atoms with E-state index in [1.165, 1.54) is 0 Å². The van der Waals surface area contributed by atoms with Crippen LogP contribution < -0.4 is 4.90 Å². The van der Waals surface area contributed by atoms with Crippen molar-refractivity contribution >= 4 is 11.6 Å². The second-order valence-corrected chi connectivity index (χ2v) is 4.24. The summed E-state index contributed by atoms with van der Waals surface area (Å²) in [6.07, 6.45) is 2.21. The number of hydrogen-bond donors (Lipinski definition) is 0. The van der Waals surface area contributed by atoms with Crippen molar-refractivity contribution in [2.24, 2.45) is 0 Å². The van der Waals surface area contributed by atoms with E-state index in [4.69, 9.17) is 4.74 Å². The first-order valence-corrected chi connectivity index (χ1v) is 6.05. The fraction of sp³-hybridized carbons (Fsp3) is 0.538. The van der Waals surface area contributed by atoms with Gasteiger partial charge in [-0.3, -0.25) is 4.79 Å². The number of carbonyl (C=O) groups excluding carboxylic acids is 1. The van der Waals surface area contributed by atoms with E-state index in [-0.39, 0.29) is 5.78 Å². The molecule has 1 saturated heterocycles. The Hall–Kier alpha value is -1.42. The van der Waals surface area contributed by atoms with Crippen LogP contribution >= 0.6 is 0 Å². The first-order chi connectivity index (χ1) is 8.22. The molecule has 4 nitrogen and oxygen atoms in total. The maximum Gasteiger partial charge on any atom is 0.164 e. The highest BCUT2D eigenvalue weighted by Crippen LogP contribution is 2.19. The molecule has 4 heteroatoms. The van der Waals surface area contributed by atoms with Crippen LogP contribution in [0.1, 0.15) is 29.3 Å². The number of carbonyl (C=O) groups is 1. The maximum absolute atomic E-state index is 11.6. The molecule has 1 aliphatic heterocycles. The largest absolute Gasteiger partial charge is 0.378 e. The van der Waals surface area contributed by atoms with Crippen LogP contribution in [-0.4, -0.2) is 37.1 Å². The third kappa shape index (κ3) is 2.64. The molecule has 0 aliphatic carbocycles. The summed E-state index contributed by atoms with van der Waals surface area (Å²) in [6.45, 7) is 7.11. The molecule has 1 fully saturated rings. The molecule has 0 radical (unpaired) electrons. The van der Waals surface area contributed by atoms with E-state index < -0.39 is 0 Å². The molecule has 0 saturated carbocycles. The van der Waals surface area contributed by atoms with Crippen molar-refractivity contribution in [3.05, 3.63) is 23.4 Å². The number of morpholine rings is 1. The zero-order chi connectivity index (χ0) is 12.3. The molecular weight excluding hydrogens is 216 g/mol. The number of pyridine rings is 1. The molecule has 92 valence electrons. The number of aryl methyl sites for hydroxylation is 1. The van der Waals surface area contributed by atoms with Crippen LogP contribution in [0, 0.1) is 6.92 Å². The normalized spacial score (nSPS) is 16.0. The van der Waals surface area contributed by atoms with Gasteiger partial charge in [0.05, 0.1) is 13.2 Å². The lowest BCUT2D eigenvalue weighted by Gasteiger charge is -2.29. The number of Topliss-reactive ketones (excluding diaryl/α,β-unsaturated/α-hetero) is 1. The van der Waals surface area contributed by atoms with Gasteiger partial charge in [-0.25, -0.2) is 4.98 Å². The van der Waals surface area contributed by atoms with Gasteiger partial charge in [-0.05, 0) is 18.6 Å². The minimum atomic E-state index is 0.147. The molecule has 0 aromatic carbocycles. The minimum Gasteiger partial charge on any atom is -0.378 e. The number of ketones is 1. The van der Waals surface area contributed by atoms with Crippen LogP contribution in [0.5, 0.6) is 0 Å². The lowest BCUT2D eigenvalue weighted by Crippen LogP contribution is -2.37. The van der Waals surface area contributed by atoms with E-state index in [0.29, 0.717) is 12.0 Å². The standard InChI is InChI=1S/C13H18N2O2/c1-3-12(16)11-8-10(2)13(14-9-11)15-4-6-17-7-5-15/h8-9H,3-7H2,1-2H3. The Morgan fingerprint density at radius 1 is 1.47 bits per heavy atom. The van der Waals surface area contributed by atoms with Crippen LogP contribution in [0.25, 0.3) is 0 Å². The second kappa shape index (κ2) is 5.27. The summed E-state index contributed by atoms with van der Waals surface area (Å²) in [7, 11) is 0. The first-order valence-electron chi connectivity index (χ1n) is 6.05. The molecular formula is C13H18N2O2. The van der Waals surface area contributed by atoms with Gasteiger partial charge in [0, 0.05) is 31.3 Å². The summed E-state index contributed by atoms with van der Waals surface area (Å²) in [5.41, 5.74) is 1.77. The Balaban J connectivity index is 2.21. The number of hydrogen-bond acceptors (Lipinski definition) is 4. The van der Waals surface area contributed by atoms with Crippen molar-refractivity contribution in [1.82, 2.24) is 4.98 Å². The van der Waals surface area contributed by atoms with Crippen LogP contribution in [0.15, 0.2) is 12.3 Å². The molecule has 0 spiro atoms. The fourth-order valence-electron chi connectivity index (χ4n) is 2.03. The summed E-state index contributed by atoms with van der Waals surface area (Å²) < 4.78 is 5.32. The van der Waals surface area contributed by atoms with Crippen molar-refractivity contribution in [2.45, 2.75) is 20.3 Å². The van der Waals surface area contributed by atoms with Crippen LogP contribution in [-0.2, 0) is 4.74 Å². The molecule has 0 unspecified atom stereocenters. The highest BCUT2D eigenvalue weighted by Gasteiger charge is 2.15. The Morgan fingerprint density at radius 3 is 2.76 bits per heavy atom. The van der Waals surface area contributed by atoms with Gasteiger partial charge in [0.1, 0.15) is 5.82 Å². The average molecular weight is 234 g/mol. The average Bonchev–Trinajstić information content (AvgIpc) is 2.38. The Labute approximate surface area is 102 Å². The van der Waals surface area contributed by atoms with Crippen molar-refractivity contribution in [3.63, 3.8) is 0 Å². The van der Waals surface area contributed by atoms with Crippen molar-refractivity contribution in [1.29, 1.82) is 0 Å². The molecule has 0 bridgehead atoms. The van der Waals surface area contributed by atoms with Gasteiger partial charge >= 0.3 is 0 Å². The molecule has 2 heterocycles. The van der Waals surface area contributed by atoms with Crippen molar-refractivity contribution in [3.8, 4) is 0 Å². The van der Waals surface area contributed by atoms with E-state index in [1.807, 2.05) is 19.9 Å². The minimum absolute atomic E-state index is 0.147. The third-order valence-electron chi connectivity index (χ3n) is 3.00. The topological polar surface area (TPSA) is 42.4 Å². The van der Waals surface area contributed by atoms with Crippen LogP contribution in [0.3, 0.4) is 0 Å². The smallest absolute Gasteiger partial charge is 0.164 e. The highest BCUT2D eigenvalue weighted by molar-refractivity contribution is 5.96. The van der Waals surface area contributed by atoms with Gasteiger partial charge < -0.3 is 9.64 Å². The van der Waals surface area contributed by atoms with Crippen LogP contribution in [0.2, 0.25) is 0 Å². The summed E-state index contributed by atoms with van der Waals surface area (Å²) in [5, 5.41) is 0. The third-order valence-corrected chi connectivity index (χ3v) is 3.00. The zero-order valence-electron chi connectivity index (χ0n) is 10.4. The molecule has 1 aromatic rings. The van der Waals surface area contributed by atoms with E-state index in [0.717, 1.165) is 37.7 Å². The van der Waals surface area contributed by atoms with Gasteiger partial charge in [-0.2, -0.15) is 0 Å². The summed E-state index contributed by atoms with van der Waals surface area (Å²) >= 11 is 0. The Morgan fingerprint density at radius 2 is 2.18 bits per heavy atom. The van der Waals surface area contributed by atoms with Gasteiger partial charge in [-0.1, -0.05) is 6.92 Å².